The van der Waals surface area contributed by atoms with Crippen LogP contribution in [0.2, 0.25) is 0 Å². The maximum Gasteiger partial charge on any atom is 0.216 e. The van der Waals surface area contributed by atoms with Gasteiger partial charge in [-0.15, -0.1) is 0 Å². The van der Waals surface area contributed by atoms with Crippen LogP contribution in [0.25, 0.3) is 54.6 Å². The van der Waals surface area contributed by atoms with E-state index in [9.17, 15) is 9.59 Å². The molecule has 0 spiro atoms. The zero-order chi connectivity index (χ0) is 36.1. The Balaban J connectivity index is 1.11. The molecule has 9 aromatic carbocycles. The van der Waals surface area contributed by atoms with Gasteiger partial charge in [0.2, 0.25) is 10.9 Å². The second-order valence-electron chi connectivity index (χ2n) is 13.7. The van der Waals surface area contributed by atoms with Crippen molar-refractivity contribution in [2.45, 2.75) is 13.8 Å². The summed E-state index contributed by atoms with van der Waals surface area (Å²) < 4.78 is 0. The molecule has 0 atom stereocenters. The molecule has 4 nitrogen and oxygen atoms in total. The predicted molar refractivity (Wildman–Crippen MR) is 221 cm³/mol. The summed E-state index contributed by atoms with van der Waals surface area (Å²) in [5.41, 5.74) is 10.2. The topological polar surface area (TPSA) is 49.7 Å². The molecular weight excluding hydrogens is 649 g/mol. The molecule has 252 valence electrons. The first kappa shape index (κ1) is 32.0. The van der Waals surface area contributed by atoms with Crippen molar-refractivity contribution in [3.63, 3.8) is 0 Å². The Kier molecular flexibility index (Phi) is 7.86. The summed E-state index contributed by atoms with van der Waals surface area (Å²) in [4.78, 5) is 33.6. The molecule has 0 aromatic heterocycles. The first-order valence-corrected chi connectivity index (χ1v) is 17.8. The summed E-state index contributed by atoms with van der Waals surface area (Å²) in [6, 6.07) is 58.0. The summed E-state index contributed by atoms with van der Waals surface area (Å²) in [6.45, 7) is 4.23. The molecular formula is C49H34N2O2. The molecule has 0 aliphatic carbocycles. The van der Waals surface area contributed by atoms with Gasteiger partial charge in [0.1, 0.15) is 0 Å². The van der Waals surface area contributed by atoms with Gasteiger partial charge in [-0.05, 0) is 118 Å². The Hall–Kier alpha value is -6.91. The highest BCUT2D eigenvalue weighted by atomic mass is 16.1. The molecule has 0 unspecified atom stereocenters. The number of anilines is 3. The number of hydrogen-bond acceptors (Lipinski definition) is 4. The van der Waals surface area contributed by atoms with E-state index < -0.39 is 0 Å². The summed E-state index contributed by atoms with van der Waals surface area (Å²) in [5.74, 6) is 0. The molecule has 0 N–H and O–H groups in total. The fraction of sp³-hybridized carbons (Fsp3) is 0.0408. The van der Waals surface area contributed by atoms with Crippen molar-refractivity contribution in [3.05, 3.63) is 207 Å². The van der Waals surface area contributed by atoms with E-state index in [0.29, 0.717) is 16.5 Å². The van der Waals surface area contributed by atoms with Crippen LogP contribution < -0.4 is 21.1 Å². The smallest absolute Gasteiger partial charge is 0.216 e. The average Bonchev–Trinajstić information content (AvgIpc) is 3.41. The highest BCUT2D eigenvalue weighted by molar-refractivity contribution is 5.98. The van der Waals surface area contributed by atoms with Gasteiger partial charge < -0.3 is 4.90 Å². The molecule has 0 amide bonds. The summed E-state index contributed by atoms with van der Waals surface area (Å²) in [5, 5.41) is 4.61. The highest BCUT2D eigenvalue weighted by Gasteiger charge is 2.16. The maximum absolute atomic E-state index is 13.4. The molecule has 9 rings (SSSR count). The van der Waals surface area contributed by atoms with Crippen LogP contribution in [0.3, 0.4) is 0 Å². The first-order valence-electron chi connectivity index (χ1n) is 17.8. The van der Waals surface area contributed by atoms with Crippen LogP contribution in [0.1, 0.15) is 11.1 Å². The summed E-state index contributed by atoms with van der Waals surface area (Å²) >= 11 is 0. The Labute approximate surface area is 306 Å². The first-order chi connectivity index (χ1) is 25.9. The minimum absolute atomic E-state index is 0.0410. The minimum atomic E-state index is -0.330. The average molecular weight is 683 g/mol. The largest absolute Gasteiger partial charge is 0.310 e. The molecule has 0 bridgehead atoms. The molecule has 0 fully saturated rings. The van der Waals surface area contributed by atoms with Gasteiger partial charge in [0.15, 0.2) is 5.36 Å². The van der Waals surface area contributed by atoms with Gasteiger partial charge in [-0.1, -0.05) is 120 Å². The van der Waals surface area contributed by atoms with E-state index in [4.69, 9.17) is 0 Å². The lowest BCUT2D eigenvalue weighted by Crippen LogP contribution is -2.31. The lowest BCUT2D eigenvalue weighted by atomic mass is 10.0. The number of benzene rings is 8. The van der Waals surface area contributed by atoms with E-state index in [1.165, 1.54) is 22.3 Å². The van der Waals surface area contributed by atoms with Crippen molar-refractivity contribution in [2.75, 3.05) is 4.90 Å². The van der Waals surface area contributed by atoms with Crippen LogP contribution in [0.5, 0.6) is 0 Å². The number of rotatable bonds is 6. The highest BCUT2D eigenvalue weighted by Crippen LogP contribution is 2.38. The molecule has 0 radical (unpaired) electrons. The summed E-state index contributed by atoms with van der Waals surface area (Å²) in [6.07, 6.45) is 0. The third kappa shape index (κ3) is 6.00. The molecule has 0 saturated heterocycles. The van der Waals surface area contributed by atoms with E-state index in [-0.39, 0.29) is 16.2 Å². The Morgan fingerprint density at radius 1 is 0.396 bits per heavy atom. The number of fused-ring (bicyclic) bond motifs is 3. The van der Waals surface area contributed by atoms with Crippen LogP contribution in [0.4, 0.5) is 22.7 Å². The number of hydrogen-bond donors (Lipinski definition) is 0. The van der Waals surface area contributed by atoms with Gasteiger partial charge in [-0.25, -0.2) is 4.99 Å². The van der Waals surface area contributed by atoms with E-state index in [1.807, 2.05) is 42.5 Å². The molecule has 4 heteroatoms. The van der Waals surface area contributed by atoms with E-state index in [0.717, 1.165) is 49.7 Å². The molecule has 0 saturated carbocycles. The van der Waals surface area contributed by atoms with Gasteiger partial charge in [0.25, 0.3) is 0 Å². The SMILES string of the molecule is Cc1cccc(-c2ccc(N(c3ccc(-c4cccc(C)c4)cc3)c3ccc4cc(N=c5c(=O)c6cc7ccccc7cc6c5=O)ccc4c3)cc2)c1. The van der Waals surface area contributed by atoms with Crippen molar-refractivity contribution in [3.8, 4) is 22.3 Å². The van der Waals surface area contributed by atoms with Crippen LogP contribution in [0, 0.1) is 13.8 Å². The van der Waals surface area contributed by atoms with Gasteiger partial charge >= 0.3 is 0 Å². The van der Waals surface area contributed by atoms with E-state index >= 15 is 0 Å². The second kappa shape index (κ2) is 13.0. The van der Waals surface area contributed by atoms with Crippen LogP contribution in [-0.2, 0) is 0 Å². The fourth-order valence-corrected chi connectivity index (χ4v) is 7.34. The van der Waals surface area contributed by atoms with Crippen LogP contribution in [-0.4, -0.2) is 0 Å². The van der Waals surface area contributed by atoms with E-state index in [1.54, 1.807) is 12.1 Å². The zero-order valence-corrected chi connectivity index (χ0v) is 29.4. The Bertz CT molecular complexity index is 2850. The standard InChI is InChI=1S/C49H34N2O2/c1-31-7-5-11-35(25-31)33-14-20-42(21-15-33)51(43-22-16-34(17-23-43)36-12-6-8-32(2)26-36)44-24-18-39-27-41(19-13-40(39)28-44)50-47-48(52)45-29-37-9-3-4-10-38(37)30-46(45)49(47)53/h3-30H,1-2H3. The van der Waals surface area contributed by atoms with Gasteiger partial charge in [0.05, 0.1) is 5.69 Å². The van der Waals surface area contributed by atoms with Crippen molar-refractivity contribution < 1.29 is 0 Å². The predicted octanol–water partition coefficient (Wildman–Crippen LogP) is 11.4. The fourth-order valence-electron chi connectivity index (χ4n) is 7.34. The third-order valence-corrected chi connectivity index (χ3v) is 10.1. The number of nitrogens with zero attached hydrogens (tertiary/aromatic N) is 2. The zero-order valence-electron chi connectivity index (χ0n) is 29.4. The molecule has 0 heterocycles. The number of aryl methyl sites for hydroxylation is 2. The van der Waals surface area contributed by atoms with Crippen molar-refractivity contribution in [2.24, 2.45) is 4.99 Å². The van der Waals surface area contributed by atoms with Crippen LogP contribution >= 0.6 is 0 Å². The molecule has 0 aliphatic rings. The minimum Gasteiger partial charge on any atom is -0.310 e. The lowest BCUT2D eigenvalue weighted by Gasteiger charge is -2.26. The van der Waals surface area contributed by atoms with Gasteiger partial charge in [-0.2, -0.15) is 0 Å². The normalized spacial score (nSPS) is 11.4. The Morgan fingerprint density at radius 2 is 0.868 bits per heavy atom. The molecule has 9 aromatic rings. The second-order valence-corrected chi connectivity index (χ2v) is 13.7. The van der Waals surface area contributed by atoms with Crippen molar-refractivity contribution >= 4 is 55.1 Å². The molecule has 53 heavy (non-hydrogen) atoms. The molecule has 0 aliphatic heterocycles. The lowest BCUT2D eigenvalue weighted by molar-refractivity contribution is 1.29. The Morgan fingerprint density at radius 3 is 1.40 bits per heavy atom. The summed E-state index contributed by atoms with van der Waals surface area (Å²) in [7, 11) is 0. The monoisotopic (exact) mass is 682 g/mol. The van der Waals surface area contributed by atoms with Crippen LogP contribution in [0.15, 0.2) is 184 Å². The quantitative estimate of drug-likeness (QED) is 0.175. The third-order valence-electron chi connectivity index (χ3n) is 10.1. The van der Waals surface area contributed by atoms with Gasteiger partial charge in [-0.3, -0.25) is 9.59 Å². The van der Waals surface area contributed by atoms with E-state index in [2.05, 4.69) is 139 Å². The van der Waals surface area contributed by atoms with Gasteiger partial charge in [0, 0.05) is 27.8 Å². The van der Waals surface area contributed by atoms with Crippen molar-refractivity contribution in [1.82, 2.24) is 0 Å². The maximum atomic E-state index is 13.4. The van der Waals surface area contributed by atoms with Crippen molar-refractivity contribution in [1.29, 1.82) is 0 Å².